The molecule has 5 rings (SSSR count). The summed E-state index contributed by atoms with van der Waals surface area (Å²) in [5.41, 5.74) is 6.14. The number of nitrogens with one attached hydrogen (secondary N) is 1. The quantitative estimate of drug-likeness (QED) is 0.223. The van der Waals surface area contributed by atoms with Crippen molar-refractivity contribution >= 4 is 40.9 Å². The van der Waals surface area contributed by atoms with E-state index in [9.17, 15) is 23.1 Å². The van der Waals surface area contributed by atoms with Crippen LogP contribution in [0.5, 0.6) is 11.6 Å². The molecule has 1 aromatic heterocycles. The lowest BCUT2D eigenvalue weighted by Gasteiger charge is -2.43. The standard InChI is InChI=1S/C31H34Cl2F3N5O4/c1-3-24-30(16-22(38-24)28(42)43)9-11-41(12-10-30)25-15-26(40-29(37)39-25)45-27(31(34,35)36)19-7-6-18(32)14-20(19)17-5-8-23(44-4-2)21(33)13-17/h5-8,13-15,22,24,27,38H,3-4,9-12,16H2,1-2H3,(H,42,43)(H2,37,39,40)/t22?,24?,27-/m1/s1. The molecule has 0 radical (unpaired) electrons. The van der Waals surface area contributed by atoms with Crippen molar-refractivity contribution in [3.63, 3.8) is 0 Å². The van der Waals surface area contributed by atoms with Crippen molar-refractivity contribution in [2.75, 3.05) is 30.3 Å². The second-order valence-electron chi connectivity index (χ2n) is 11.3. The Morgan fingerprint density at radius 2 is 1.89 bits per heavy atom. The minimum absolute atomic E-state index is 0.0569. The van der Waals surface area contributed by atoms with Gasteiger partial charge in [0.05, 0.1) is 11.6 Å². The van der Waals surface area contributed by atoms with Gasteiger partial charge < -0.3 is 30.5 Å². The molecular formula is C31H34Cl2F3N5O4. The molecule has 14 heteroatoms. The van der Waals surface area contributed by atoms with Gasteiger partial charge >= 0.3 is 12.1 Å². The molecule has 2 unspecified atom stereocenters. The smallest absolute Gasteiger partial charge is 0.429 e. The number of hydrogen-bond donors (Lipinski definition) is 3. The first-order valence-electron chi connectivity index (χ1n) is 14.7. The molecule has 242 valence electrons. The van der Waals surface area contributed by atoms with Gasteiger partial charge in [-0.3, -0.25) is 4.79 Å². The van der Waals surface area contributed by atoms with Crippen molar-refractivity contribution in [2.45, 2.75) is 63.9 Å². The lowest BCUT2D eigenvalue weighted by Crippen LogP contribution is -2.46. The molecular weight excluding hydrogens is 634 g/mol. The molecule has 0 saturated carbocycles. The van der Waals surface area contributed by atoms with Crippen LogP contribution in [0.4, 0.5) is 24.9 Å². The summed E-state index contributed by atoms with van der Waals surface area (Å²) in [6.07, 6.45) is -4.59. The number of carbonyl (C=O) groups is 1. The van der Waals surface area contributed by atoms with Crippen molar-refractivity contribution in [1.29, 1.82) is 0 Å². The average Bonchev–Trinajstić information content (AvgIpc) is 3.35. The monoisotopic (exact) mass is 667 g/mol. The predicted molar refractivity (Wildman–Crippen MR) is 166 cm³/mol. The van der Waals surface area contributed by atoms with E-state index in [1.807, 2.05) is 11.8 Å². The highest BCUT2D eigenvalue weighted by molar-refractivity contribution is 6.32. The van der Waals surface area contributed by atoms with Gasteiger partial charge in [0.25, 0.3) is 0 Å². The number of aromatic nitrogens is 2. The summed E-state index contributed by atoms with van der Waals surface area (Å²) in [7, 11) is 0. The van der Waals surface area contributed by atoms with Crippen LogP contribution in [0.25, 0.3) is 11.1 Å². The summed E-state index contributed by atoms with van der Waals surface area (Å²) < 4.78 is 55.1. The third-order valence-corrected chi connectivity index (χ3v) is 9.16. The van der Waals surface area contributed by atoms with E-state index in [1.54, 1.807) is 19.1 Å². The zero-order valence-corrected chi connectivity index (χ0v) is 26.2. The number of benzene rings is 2. The normalized spacial score (nSPS) is 20.3. The number of ether oxygens (including phenoxy) is 2. The van der Waals surface area contributed by atoms with Crippen molar-refractivity contribution in [2.24, 2.45) is 5.41 Å². The number of carboxylic acid groups (broad SMARTS) is 1. The molecule has 2 fully saturated rings. The lowest BCUT2D eigenvalue weighted by molar-refractivity contribution is -0.198. The molecule has 1 spiro atoms. The Morgan fingerprint density at radius 1 is 1.16 bits per heavy atom. The van der Waals surface area contributed by atoms with Crippen LogP contribution in [0, 0.1) is 5.41 Å². The second kappa shape index (κ2) is 13.1. The lowest BCUT2D eigenvalue weighted by atomic mass is 9.71. The van der Waals surface area contributed by atoms with Crippen LogP contribution in [0.3, 0.4) is 0 Å². The third-order valence-electron chi connectivity index (χ3n) is 8.62. The van der Waals surface area contributed by atoms with Gasteiger partial charge in [0.15, 0.2) is 0 Å². The van der Waals surface area contributed by atoms with Crippen molar-refractivity contribution in [3.05, 3.63) is 58.1 Å². The Hall–Kier alpha value is -3.48. The first-order valence-corrected chi connectivity index (χ1v) is 15.4. The molecule has 2 aromatic carbocycles. The first kappa shape index (κ1) is 32.9. The molecule has 3 heterocycles. The van der Waals surface area contributed by atoms with E-state index < -0.39 is 24.3 Å². The van der Waals surface area contributed by atoms with Crippen LogP contribution >= 0.6 is 23.2 Å². The number of nitrogens with zero attached hydrogens (tertiary/aromatic N) is 3. The van der Waals surface area contributed by atoms with Gasteiger partial charge in [-0.15, -0.1) is 0 Å². The maximum absolute atomic E-state index is 14.7. The van der Waals surface area contributed by atoms with Gasteiger partial charge in [-0.1, -0.05) is 42.3 Å². The Kier molecular flexibility index (Phi) is 9.57. The number of aliphatic carboxylic acids is 1. The van der Waals surface area contributed by atoms with Gasteiger partial charge in [-0.05, 0) is 73.4 Å². The fourth-order valence-electron chi connectivity index (χ4n) is 6.50. The largest absolute Gasteiger partial charge is 0.492 e. The number of carboxylic acids is 1. The zero-order chi connectivity index (χ0) is 32.5. The fourth-order valence-corrected chi connectivity index (χ4v) is 6.91. The Balaban J connectivity index is 1.42. The molecule has 0 amide bonds. The summed E-state index contributed by atoms with van der Waals surface area (Å²) in [5.74, 6) is -0.716. The molecule has 9 nitrogen and oxygen atoms in total. The highest BCUT2D eigenvalue weighted by Crippen LogP contribution is 2.46. The van der Waals surface area contributed by atoms with Crippen LogP contribution in [-0.2, 0) is 4.79 Å². The van der Waals surface area contributed by atoms with E-state index in [-0.39, 0.29) is 44.5 Å². The summed E-state index contributed by atoms with van der Waals surface area (Å²) in [4.78, 5) is 21.8. The van der Waals surface area contributed by atoms with E-state index in [0.29, 0.717) is 56.1 Å². The number of nitrogens with two attached hydrogens (primary N) is 1. The van der Waals surface area contributed by atoms with Crippen molar-refractivity contribution < 1.29 is 32.5 Å². The fraction of sp³-hybridized carbons (Fsp3) is 0.452. The van der Waals surface area contributed by atoms with Crippen LogP contribution in [0.1, 0.15) is 51.2 Å². The number of rotatable bonds is 9. The van der Waals surface area contributed by atoms with Gasteiger partial charge in [0, 0.05) is 35.8 Å². The van der Waals surface area contributed by atoms with Gasteiger partial charge in [-0.2, -0.15) is 23.1 Å². The number of hydrogen-bond acceptors (Lipinski definition) is 8. The van der Waals surface area contributed by atoms with Gasteiger partial charge in [0.1, 0.15) is 17.6 Å². The molecule has 2 saturated heterocycles. The molecule has 3 aromatic rings. The SMILES string of the molecule is CCOc1ccc(-c2cc(Cl)ccc2[C@@H](Oc2cc(N3CCC4(CC3)CC(C(=O)O)NC4CC)nc(N)n2)C(F)(F)F)cc1Cl. The molecule has 45 heavy (non-hydrogen) atoms. The first-order chi connectivity index (χ1) is 21.3. The zero-order valence-electron chi connectivity index (χ0n) is 24.7. The minimum Gasteiger partial charge on any atom is -0.492 e. The van der Waals surface area contributed by atoms with E-state index in [4.69, 9.17) is 38.4 Å². The molecule has 3 atom stereocenters. The molecule has 0 bridgehead atoms. The van der Waals surface area contributed by atoms with Gasteiger partial charge in [-0.25, -0.2) is 0 Å². The van der Waals surface area contributed by atoms with Crippen molar-refractivity contribution in [1.82, 2.24) is 15.3 Å². The summed E-state index contributed by atoms with van der Waals surface area (Å²) in [6.45, 7) is 5.22. The third kappa shape index (κ3) is 7.02. The Morgan fingerprint density at radius 3 is 2.51 bits per heavy atom. The highest BCUT2D eigenvalue weighted by Gasteiger charge is 2.50. The maximum atomic E-state index is 14.7. The van der Waals surface area contributed by atoms with E-state index in [2.05, 4.69) is 15.3 Å². The summed E-state index contributed by atoms with van der Waals surface area (Å²) in [6, 6.07) is 9.55. The van der Waals surface area contributed by atoms with E-state index in [1.165, 1.54) is 30.3 Å². The summed E-state index contributed by atoms with van der Waals surface area (Å²) >= 11 is 12.6. The average molecular weight is 669 g/mol. The van der Waals surface area contributed by atoms with Crippen LogP contribution in [0.2, 0.25) is 10.0 Å². The number of nitrogen functional groups attached to an aromatic ring is 1. The van der Waals surface area contributed by atoms with Crippen molar-refractivity contribution in [3.8, 4) is 22.8 Å². The topological polar surface area (TPSA) is 123 Å². The second-order valence-corrected chi connectivity index (χ2v) is 12.2. The molecule has 4 N–H and O–H groups in total. The highest BCUT2D eigenvalue weighted by atomic mass is 35.5. The van der Waals surface area contributed by atoms with Crippen LogP contribution in [0.15, 0.2) is 42.5 Å². The summed E-state index contributed by atoms with van der Waals surface area (Å²) in [5, 5.41) is 13.3. The maximum Gasteiger partial charge on any atom is 0.429 e. The van der Waals surface area contributed by atoms with Crippen LogP contribution < -0.4 is 25.4 Å². The number of anilines is 2. The number of alkyl halides is 3. The van der Waals surface area contributed by atoms with E-state index >= 15 is 0 Å². The molecule has 2 aliphatic heterocycles. The van der Waals surface area contributed by atoms with Gasteiger partial charge in [0.2, 0.25) is 17.9 Å². The molecule has 2 aliphatic rings. The minimum atomic E-state index is -4.85. The van der Waals surface area contributed by atoms with E-state index in [0.717, 1.165) is 6.42 Å². The Labute approximate surface area is 268 Å². The number of halogens is 5. The predicted octanol–water partition coefficient (Wildman–Crippen LogP) is 6.93. The van der Waals surface area contributed by atoms with Crippen LogP contribution in [-0.4, -0.2) is 59.0 Å². The number of piperidine rings is 1. The molecule has 0 aliphatic carbocycles. The Bertz CT molecular complexity index is 1550.